The summed E-state index contributed by atoms with van der Waals surface area (Å²) in [5.41, 5.74) is 2.37. The topological polar surface area (TPSA) is 84.9 Å². The summed E-state index contributed by atoms with van der Waals surface area (Å²) in [7, 11) is -2.38. The second-order valence-corrected chi connectivity index (χ2v) is 9.43. The molecule has 0 heterocycles. The summed E-state index contributed by atoms with van der Waals surface area (Å²) in [5, 5.41) is 3.10. The van der Waals surface area contributed by atoms with Crippen LogP contribution in [0.25, 0.3) is 0 Å². The van der Waals surface area contributed by atoms with Crippen molar-refractivity contribution in [2.45, 2.75) is 33.2 Å². The number of sulfonamides is 1. The van der Waals surface area contributed by atoms with Gasteiger partial charge in [0.05, 0.1) is 25.6 Å². The number of benzene rings is 2. The Morgan fingerprint density at radius 2 is 1.90 bits per heavy atom. The van der Waals surface area contributed by atoms with Crippen LogP contribution in [-0.4, -0.2) is 46.9 Å². The SMILES string of the molecule is CC[C@@H](C(=O)NCCOc1cccc(C)c1C)N(c1cc(Cl)ccc1OC)S(C)(=O)=O. The molecule has 170 valence electrons. The zero-order chi connectivity index (χ0) is 23.2. The Hall–Kier alpha value is -2.45. The minimum atomic E-state index is -3.81. The highest BCUT2D eigenvalue weighted by Gasteiger charge is 2.33. The minimum Gasteiger partial charge on any atom is -0.495 e. The van der Waals surface area contributed by atoms with E-state index in [2.05, 4.69) is 5.32 Å². The first-order valence-corrected chi connectivity index (χ1v) is 12.1. The molecule has 1 atom stereocenters. The summed E-state index contributed by atoms with van der Waals surface area (Å²) in [6.45, 7) is 6.20. The standard InChI is InChI=1S/C22H29ClN2O5S/c1-6-18(22(26)24-12-13-30-20-9-7-8-15(2)16(20)3)25(31(5,27)28)19-14-17(23)10-11-21(19)29-4/h7-11,14,18H,6,12-13H2,1-5H3,(H,24,26)/t18-/m0/s1. The van der Waals surface area contributed by atoms with E-state index in [4.69, 9.17) is 21.1 Å². The third-order valence-corrected chi connectivity index (χ3v) is 6.32. The molecule has 0 bridgehead atoms. The number of nitrogens with zero attached hydrogens (tertiary/aromatic N) is 1. The quantitative estimate of drug-likeness (QED) is 0.537. The van der Waals surface area contributed by atoms with Crippen LogP contribution >= 0.6 is 11.6 Å². The summed E-state index contributed by atoms with van der Waals surface area (Å²) in [6, 6.07) is 9.44. The van der Waals surface area contributed by atoms with Crippen LogP contribution in [0.3, 0.4) is 0 Å². The molecule has 2 aromatic carbocycles. The maximum absolute atomic E-state index is 12.9. The number of rotatable bonds is 10. The molecule has 0 aliphatic rings. The molecule has 0 aliphatic heterocycles. The lowest BCUT2D eigenvalue weighted by atomic mass is 10.1. The van der Waals surface area contributed by atoms with Crippen LogP contribution in [0.4, 0.5) is 5.69 Å². The molecule has 2 aromatic rings. The largest absolute Gasteiger partial charge is 0.495 e. The maximum Gasteiger partial charge on any atom is 0.244 e. The van der Waals surface area contributed by atoms with E-state index in [-0.39, 0.29) is 25.3 Å². The summed E-state index contributed by atoms with van der Waals surface area (Å²) in [5.74, 6) is 0.626. The van der Waals surface area contributed by atoms with E-state index in [0.29, 0.717) is 10.8 Å². The van der Waals surface area contributed by atoms with Crippen molar-refractivity contribution in [1.82, 2.24) is 5.32 Å². The Balaban J connectivity index is 2.16. The van der Waals surface area contributed by atoms with Gasteiger partial charge < -0.3 is 14.8 Å². The van der Waals surface area contributed by atoms with Crippen molar-refractivity contribution in [1.29, 1.82) is 0 Å². The predicted molar refractivity (Wildman–Crippen MR) is 124 cm³/mol. The van der Waals surface area contributed by atoms with Crippen LogP contribution in [0.5, 0.6) is 11.5 Å². The molecule has 0 aliphatic carbocycles. The zero-order valence-electron chi connectivity index (χ0n) is 18.4. The van der Waals surface area contributed by atoms with Gasteiger partial charge in [-0.1, -0.05) is 30.7 Å². The number of ether oxygens (including phenoxy) is 2. The number of amides is 1. The predicted octanol–water partition coefficient (Wildman–Crippen LogP) is 3.71. The molecule has 31 heavy (non-hydrogen) atoms. The first-order valence-electron chi connectivity index (χ1n) is 9.89. The molecule has 2 rings (SSSR count). The van der Waals surface area contributed by atoms with E-state index >= 15 is 0 Å². The van der Waals surface area contributed by atoms with Gasteiger partial charge in [-0.3, -0.25) is 9.10 Å². The molecule has 1 N–H and O–H groups in total. The molecule has 0 saturated heterocycles. The minimum absolute atomic E-state index is 0.214. The Labute approximate surface area is 189 Å². The van der Waals surface area contributed by atoms with Gasteiger partial charge in [-0.25, -0.2) is 8.42 Å². The highest BCUT2D eigenvalue weighted by Crippen LogP contribution is 2.34. The van der Waals surface area contributed by atoms with Crippen molar-refractivity contribution < 1.29 is 22.7 Å². The van der Waals surface area contributed by atoms with Crippen molar-refractivity contribution in [3.05, 3.63) is 52.5 Å². The first kappa shape index (κ1) is 24.8. The smallest absolute Gasteiger partial charge is 0.244 e. The second kappa shape index (κ2) is 10.7. The number of carbonyl (C=O) groups is 1. The number of aryl methyl sites for hydroxylation is 1. The lowest BCUT2D eigenvalue weighted by Crippen LogP contribution is -2.50. The van der Waals surface area contributed by atoms with Gasteiger partial charge >= 0.3 is 0 Å². The molecule has 1 amide bonds. The van der Waals surface area contributed by atoms with E-state index in [0.717, 1.165) is 27.4 Å². The van der Waals surface area contributed by atoms with E-state index < -0.39 is 22.0 Å². The van der Waals surface area contributed by atoms with Crippen LogP contribution in [0.1, 0.15) is 24.5 Å². The maximum atomic E-state index is 12.9. The zero-order valence-corrected chi connectivity index (χ0v) is 20.0. The number of hydrogen-bond donors (Lipinski definition) is 1. The van der Waals surface area contributed by atoms with Gasteiger partial charge in [-0.15, -0.1) is 0 Å². The molecule has 0 fully saturated rings. The lowest BCUT2D eigenvalue weighted by Gasteiger charge is -2.31. The molecular formula is C22H29ClN2O5S. The van der Waals surface area contributed by atoms with Gasteiger partial charge in [-0.05, 0) is 55.7 Å². The Morgan fingerprint density at radius 3 is 2.52 bits per heavy atom. The van der Waals surface area contributed by atoms with Crippen molar-refractivity contribution in [2.24, 2.45) is 0 Å². The summed E-state index contributed by atoms with van der Waals surface area (Å²) < 4.78 is 37.4. The molecule has 0 unspecified atom stereocenters. The van der Waals surface area contributed by atoms with E-state index in [9.17, 15) is 13.2 Å². The fourth-order valence-corrected chi connectivity index (χ4v) is 4.58. The Morgan fingerprint density at radius 1 is 1.19 bits per heavy atom. The Kier molecular flexibility index (Phi) is 8.59. The number of methoxy groups -OCH3 is 1. The van der Waals surface area contributed by atoms with Crippen LogP contribution in [0, 0.1) is 13.8 Å². The van der Waals surface area contributed by atoms with Crippen molar-refractivity contribution >= 4 is 33.2 Å². The average molecular weight is 469 g/mol. The van der Waals surface area contributed by atoms with Crippen LogP contribution in [0.15, 0.2) is 36.4 Å². The highest BCUT2D eigenvalue weighted by atomic mass is 35.5. The normalized spacial score (nSPS) is 12.2. The number of anilines is 1. The Bertz CT molecular complexity index is 1030. The molecular weight excluding hydrogens is 440 g/mol. The molecule has 9 heteroatoms. The van der Waals surface area contributed by atoms with Gasteiger partial charge in [0.2, 0.25) is 15.9 Å². The number of hydrogen-bond acceptors (Lipinski definition) is 5. The highest BCUT2D eigenvalue weighted by molar-refractivity contribution is 7.92. The van der Waals surface area contributed by atoms with Crippen LogP contribution < -0.4 is 19.1 Å². The van der Waals surface area contributed by atoms with E-state index in [1.807, 2.05) is 32.0 Å². The third kappa shape index (κ3) is 6.27. The van der Waals surface area contributed by atoms with E-state index in [1.54, 1.807) is 19.1 Å². The third-order valence-electron chi connectivity index (χ3n) is 4.92. The molecule has 7 nitrogen and oxygen atoms in total. The van der Waals surface area contributed by atoms with Crippen LogP contribution in [-0.2, 0) is 14.8 Å². The van der Waals surface area contributed by atoms with Gasteiger partial charge in [0.25, 0.3) is 0 Å². The second-order valence-electron chi connectivity index (χ2n) is 7.14. The summed E-state index contributed by atoms with van der Waals surface area (Å²) in [4.78, 5) is 12.9. The molecule has 0 aromatic heterocycles. The van der Waals surface area contributed by atoms with Crippen LogP contribution in [0.2, 0.25) is 5.02 Å². The van der Waals surface area contributed by atoms with Gasteiger partial charge in [0, 0.05) is 5.02 Å². The van der Waals surface area contributed by atoms with Gasteiger partial charge in [0.15, 0.2) is 0 Å². The molecule has 0 spiro atoms. The molecule has 0 radical (unpaired) electrons. The lowest BCUT2D eigenvalue weighted by molar-refractivity contribution is -0.122. The van der Waals surface area contributed by atoms with Gasteiger partial charge in [0.1, 0.15) is 24.1 Å². The van der Waals surface area contributed by atoms with E-state index in [1.165, 1.54) is 13.2 Å². The number of carbonyl (C=O) groups excluding carboxylic acids is 1. The monoisotopic (exact) mass is 468 g/mol. The first-order chi connectivity index (χ1) is 14.6. The van der Waals surface area contributed by atoms with Crippen molar-refractivity contribution in [3.8, 4) is 11.5 Å². The number of halogens is 1. The summed E-state index contributed by atoms with van der Waals surface area (Å²) >= 11 is 6.09. The number of nitrogens with one attached hydrogen (secondary N) is 1. The van der Waals surface area contributed by atoms with Gasteiger partial charge in [-0.2, -0.15) is 0 Å². The van der Waals surface area contributed by atoms with Crippen molar-refractivity contribution in [2.75, 3.05) is 30.8 Å². The van der Waals surface area contributed by atoms with Crippen molar-refractivity contribution in [3.63, 3.8) is 0 Å². The molecule has 0 saturated carbocycles. The average Bonchev–Trinajstić information content (AvgIpc) is 2.71. The fraction of sp³-hybridized carbons (Fsp3) is 0.409. The fourth-order valence-electron chi connectivity index (χ4n) is 3.20. The summed E-state index contributed by atoms with van der Waals surface area (Å²) in [6.07, 6.45) is 1.30.